The summed E-state index contributed by atoms with van der Waals surface area (Å²) in [6.07, 6.45) is -1.72. The molecule has 0 bridgehead atoms. The van der Waals surface area contributed by atoms with Gasteiger partial charge in [-0.25, -0.2) is 18.7 Å². The highest BCUT2D eigenvalue weighted by Gasteiger charge is 2.31. The summed E-state index contributed by atoms with van der Waals surface area (Å²) in [5, 5.41) is 12.5. The molecule has 4 N–H and O–H groups in total. The summed E-state index contributed by atoms with van der Waals surface area (Å²) in [7, 11) is 0. The molecule has 37 heavy (non-hydrogen) atoms. The number of nitrogens with zero attached hydrogens (tertiary/aromatic N) is 5. The van der Waals surface area contributed by atoms with Crippen LogP contribution in [0.1, 0.15) is 11.4 Å². The minimum absolute atomic E-state index is 0.206. The third-order valence-corrected chi connectivity index (χ3v) is 5.33. The van der Waals surface area contributed by atoms with Crippen molar-refractivity contribution < 1.29 is 26.9 Å². The fraction of sp³-hybridized carbons (Fsp3) is 0.0870. The van der Waals surface area contributed by atoms with E-state index < -0.39 is 29.3 Å². The van der Waals surface area contributed by atoms with Gasteiger partial charge in [-0.3, -0.25) is 0 Å². The van der Waals surface area contributed by atoms with Crippen LogP contribution >= 0.6 is 0 Å². The summed E-state index contributed by atoms with van der Waals surface area (Å²) in [6.45, 7) is 1.67. The molecule has 3 heterocycles. The van der Waals surface area contributed by atoms with Crippen molar-refractivity contribution in [3.63, 3.8) is 0 Å². The minimum atomic E-state index is -4.69. The highest BCUT2D eigenvalue weighted by atomic mass is 19.4. The van der Waals surface area contributed by atoms with Crippen LogP contribution in [0.2, 0.25) is 0 Å². The van der Waals surface area contributed by atoms with Crippen molar-refractivity contribution in [3.05, 3.63) is 72.2 Å². The second-order valence-electron chi connectivity index (χ2n) is 7.85. The van der Waals surface area contributed by atoms with Gasteiger partial charge in [-0.15, -0.1) is 0 Å². The van der Waals surface area contributed by atoms with E-state index in [2.05, 4.69) is 30.9 Å². The van der Waals surface area contributed by atoms with Crippen molar-refractivity contribution in [3.8, 4) is 22.6 Å². The van der Waals surface area contributed by atoms with Gasteiger partial charge in [0.15, 0.2) is 11.6 Å². The number of urea groups is 1. The minimum Gasteiger partial charge on any atom is -0.382 e. The summed E-state index contributed by atoms with van der Waals surface area (Å²) in [4.78, 5) is 20.6. The maximum atomic E-state index is 14.0. The normalized spacial score (nSPS) is 11.6. The molecule has 0 saturated carbocycles. The average molecular weight is 512 g/mol. The van der Waals surface area contributed by atoms with Gasteiger partial charge in [0, 0.05) is 17.4 Å². The van der Waals surface area contributed by atoms with Crippen LogP contribution < -0.4 is 16.4 Å². The Balaban J connectivity index is 1.42. The Labute approximate surface area is 205 Å². The number of anilines is 3. The smallest absolute Gasteiger partial charge is 0.382 e. The van der Waals surface area contributed by atoms with E-state index >= 15 is 0 Å². The molecule has 2 amide bonds. The molecule has 0 saturated heterocycles. The first-order valence-corrected chi connectivity index (χ1v) is 10.6. The molecule has 188 valence electrons. The molecular weight excluding hydrogens is 496 g/mol. The van der Waals surface area contributed by atoms with Gasteiger partial charge in [0.25, 0.3) is 5.89 Å². The number of nitrogens with two attached hydrogens (primary N) is 1. The molecule has 0 aliphatic rings. The standard InChI is InChI=1S/C23H16F4N8O2/c1-11-31-21(37-34-11)15-9-35-19(20(28)29-10-30-35)18(15)12-2-5-14(6-3-12)32-22(36)33-17-8-13(23(25,26)27)4-7-16(17)24/h2-10H,1H3,(H2,28,29,30)(H2,32,33,36). The van der Waals surface area contributed by atoms with Gasteiger partial charge < -0.3 is 20.9 Å². The first-order chi connectivity index (χ1) is 17.6. The van der Waals surface area contributed by atoms with Crippen LogP contribution in [-0.2, 0) is 6.18 Å². The van der Waals surface area contributed by atoms with E-state index in [0.717, 1.165) is 0 Å². The monoisotopic (exact) mass is 512 g/mol. The molecule has 0 spiro atoms. The molecule has 3 aromatic heterocycles. The van der Waals surface area contributed by atoms with Gasteiger partial charge in [0.1, 0.15) is 17.7 Å². The number of nitrogens with one attached hydrogen (secondary N) is 2. The molecule has 0 aliphatic heterocycles. The van der Waals surface area contributed by atoms with Gasteiger partial charge in [-0.2, -0.15) is 23.3 Å². The SMILES string of the molecule is Cc1noc(-c2cn3ncnc(N)c3c2-c2ccc(NC(=O)Nc3cc(C(F)(F)F)ccc3F)cc2)n1. The Morgan fingerprint density at radius 3 is 2.54 bits per heavy atom. The fourth-order valence-corrected chi connectivity index (χ4v) is 3.70. The van der Waals surface area contributed by atoms with Crippen LogP contribution in [0.4, 0.5) is 39.5 Å². The molecule has 0 atom stereocenters. The zero-order valence-electron chi connectivity index (χ0n) is 18.8. The number of benzene rings is 2. The second-order valence-corrected chi connectivity index (χ2v) is 7.85. The molecule has 5 rings (SSSR count). The lowest BCUT2D eigenvalue weighted by molar-refractivity contribution is -0.137. The van der Waals surface area contributed by atoms with Crippen molar-refractivity contribution in [2.45, 2.75) is 13.1 Å². The Kier molecular flexibility index (Phi) is 5.70. The molecule has 14 heteroatoms. The third-order valence-electron chi connectivity index (χ3n) is 5.33. The van der Waals surface area contributed by atoms with Crippen LogP contribution in [0.25, 0.3) is 28.1 Å². The fourth-order valence-electron chi connectivity index (χ4n) is 3.70. The molecule has 0 fully saturated rings. The van der Waals surface area contributed by atoms with Crippen molar-refractivity contribution in [1.29, 1.82) is 0 Å². The number of rotatable bonds is 4. The van der Waals surface area contributed by atoms with Gasteiger partial charge in [-0.05, 0) is 42.8 Å². The highest BCUT2D eigenvalue weighted by molar-refractivity contribution is 6.01. The van der Waals surface area contributed by atoms with Gasteiger partial charge >= 0.3 is 12.2 Å². The number of fused-ring (bicyclic) bond motifs is 1. The average Bonchev–Trinajstić information content (AvgIpc) is 3.44. The predicted molar refractivity (Wildman–Crippen MR) is 125 cm³/mol. The lowest BCUT2D eigenvalue weighted by Gasteiger charge is -2.12. The summed E-state index contributed by atoms with van der Waals surface area (Å²) < 4.78 is 59.6. The van der Waals surface area contributed by atoms with E-state index in [0.29, 0.717) is 46.2 Å². The number of hydrogen-bond acceptors (Lipinski definition) is 7. The van der Waals surface area contributed by atoms with Crippen molar-refractivity contribution in [2.75, 3.05) is 16.4 Å². The third kappa shape index (κ3) is 4.63. The number of carbonyl (C=O) groups is 1. The number of hydrogen-bond donors (Lipinski definition) is 3. The maximum Gasteiger partial charge on any atom is 0.416 e. The Morgan fingerprint density at radius 1 is 1.11 bits per heavy atom. The molecular formula is C23H16F4N8O2. The van der Waals surface area contributed by atoms with Crippen molar-refractivity contribution in [2.24, 2.45) is 0 Å². The molecule has 0 radical (unpaired) electrons. The van der Waals surface area contributed by atoms with Crippen LogP contribution in [0, 0.1) is 12.7 Å². The lowest BCUT2D eigenvalue weighted by Crippen LogP contribution is -2.20. The molecule has 2 aromatic carbocycles. The molecule has 5 aromatic rings. The summed E-state index contributed by atoms with van der Waals surface area (Å²) in [5.74, 6) is -0.139. The number of amides is 2. The van der Waals surface area contributed by atoms with E-state index in [9.17, 15) is 22.4 Å². The second kappa shape index (κ2) is 8.89. The number of nitrogen functional groups attached to an aromatic ring is 1. The van der Waals surface area contributed by atoms with E-state index in [4.69, 9.17) is 10.3 Å². The summed E-state index contributed by atoms with van der Waals surface area (Å²) in [5.41, 5.74) is 6.97. The van der Waals surface area contributed by atoms with Gasteiger partial charge in [-0.1, -0.05) is 17.3 Å². The zero-order valence-corrected chi connectivity index (χ0v) is 18.8. The Bertz CT molecular complexity index is 1630. The highest BCUT2D eigenvalue weighted by Crippen LogP contribution is 2.38. The van der Waals surface area contributed by atoms with E-state index in [1.807, 2.05) is 0 Å². The van der Waals surface area contributed by atoms with Crippen LogP contribution in [0.5, 0.6) is 0 Å². The van der Waals surface area contributed by atoms with Gasteiger partial charge in [0.2, 0.25) is 0 Å². The number of aromatic nitrogens is 5. The predicted octanol–water partition coefficient (Wildman–Crippen LogP) is 5.14. The zero-order chi connectivity index (χ0) is 26.3. The molecule has 0 unspecified atom stereocenters. The Morgan fingerprint density at radius 2 is 1.86 bits per heavy atom. The van der Waals surface area contributed by atoms with Gasteiger partial charge in [0.05, 0.1) is 16.8 Å². The van der Waals surface area contributed by atoms with E-state index in [-0.39, 0.29) is 17.4 Å². The Hall–Kier alpha value is -5.01. The number of aryl methyl sites for hydroxylation is 1. The largest absolute Gasteiger partial charge is 0.416 e. The number of carbonyl (C=O) groups excluding carboxylic acids is 1. The van der Waals surface area contributed by atoms with Crippen LogP contribution in [0.15, 0.2) is 59.5 Å². The topological polar surface area (TPSA) is 136 Å². The summed E-state index contributed by atoms with van der Waals surface area (Å²) >= 11 is 0. The molecule has 10 nitrogen and oxygen atoms in total. The summed E-state index contributed by atoms with van der Waals surface area (Å²) in [6, 6.07) is 7.22. The lowest BCUT2D eigenvalue weighted by atomic mass is 10.0. The van der Waals surface area contributed by atoms with Crippen molar-refractivity contribution in [1.82, 2.24) is 24.7 Å². The van der Waals surface area contributed by atoms with Crippen molar-refractivity contribution >= 4 is 28.7 Å². The maximum absolute atomic E-state index is 14.0. The first kappa shape index (κ1) is 23.7. The number of halogens is 4. The number of alkyl halides is 3. The molecule has 0 aliphatic carbocycles. The quantitative estimate of drug-likeness (QED) is 0.284. The van der Waals surface area contributed by atoms with E-state index in [1.165, 1.54) is 10.8 Å². The van der Waals surface area contributed by atoms with Crippen LogP contribution in [0.3, 0.4) is 0 Å². The van der Waals surface area contributed by atoms with E-state index in [1.54, 1.807) is 37.4 Å². The van der Waals surface area contributed by atoms with Crippen LogP contribution in [-0.4, -0.2) is 30.8 Å². The first-order valence-electron chi connectivity index (χ1n) is 10.6.